The third kappa shape index (κ3) is 5.83. The Kier molecular flexibility index (Phi) is 7.23. The first-order valence-corrected chi connectivity index (χ1v) is 11.1. The molecule has 36 heavy (non-hydrogen) atoms. The van der Waals surface area contributed by atoms with Gasteiger partial charge in [0.25, 0.3) is 0 Å². The van der Waals surface area contributed by atoms with Crippen LogP contribution in [0.1, 0.15) is 16.7 Å². The predicted molar refractivity (Wildman–Crippen MR) is 130 cm³/mol. The minimum absolute atomic E-state index is 0.0240. The van der Waals surface area contributed by atoms with Crippen LogP contribution in [0.5, 0.6) is 5.75 Å². The van der Waals surface area contributed by atoms with E-state index in [1.165, 1.54) is 23.8 Å². The smallest absolute Gasteiger partial charge is 0.416 e. The molecule has 0 amide bonds. The molecule has 4 rings (SSSR count). The number of hydrogen-bond acceptors (Lipinski definition) is 5. The number of anilines is 2. The molecule has 0 unspecified atom stereocenters. The summed E-state index contributed by atoms with van der Waals surface area (Å²) in [7, 11) is 1.53. The van der Waals surface area contributed by atoms with Crippen molar-refractivity contribution >= 4 is 11.6 Å². The van der Waals surface area contributed by atoms with Gasteiger partial charge in [-0.25, -0.2) is 14.2 Å². The standard InChI is InChI=1S/C26H23F3N4O3/c1-36-22-12-10-19(11-13-22)17-33-24(34)31-23(30-21-9-5-8-20(16-21)26(27,28)29)32(25(33)35)15-14-18-6-3-2-4-7-18/h2-13,16H,14-15,17H2,1H3,(H,30,31,34). The highest BCUT2D eigenvalue weighted by Crippen LogP contribution is 2.31. The van der Waals surface area contributed by atoms with E-state index in [1.54, 1.807) is 24.3 Å². The molecule has 0 aliphatic rings. The first-order chi connectivity index (χ1) is 17.2. The van der Waals surface area contributed by atoms with E-state index in [4.69, 9.17) is 4.74 Å². The fraction of sp³-hybridized carbons (Fsp3) is 0.192. The van der Waals surface area contributed by atoms with Gasteiger partial charge in [-0.1, -0.05) is 48.5 Å². The van der Waals surface area contributed by atoms with Gasteiger partial charge >= 0.3 is 17.6 Å². The molecule has 0 atom stereocenters. The number of ether oxygens (including phenoxy) is 1. The van der Waals surface area contributed by atoms with E-state index < -0.39 is 23.1 Å². The molecule has 10 heteroatoms. The SMILES string of the molecule is COc1ccc(Cn2c(=O)nc(Nc3cccc(C(F)(F)F)c3)n(CCc3ccccc3)c2=O)cc1. The molecule has 0 radical (unpaired) electrons. The zero-order valence-corrected chi connectivity index (χ0v) is 19.3. The average molecular weight is 496 g/mol. The number of aromatic nitrogens is 3. The summed E-state index contributed by atoms with van der Waals surface area (Å²) < 4.78 is 46.9. The Morgan fingerprint density at radius 3 is 2.28 bits per heavy atom. The summed E-state index contributed by atoms with van der Waals surface area (Å²) in [6.45, 7) is 0.129. The van der Waals surface area contributed by atoms with E-state index >= 15 is 0 Å². The van der Waals surface area contributed by atoms with Gasteiger partial charge in [0.15, 0.2) is 0 Å². The van der Waals surface area contributed by atoms with Crippen molar-refractivity contribution in [2.45, 2.75) is 25.7 Å². The Bertz CT molecular complexity index is 1450. The van der Waals surface area contributed by atoms with Gasteiger partial charge in [0.05, 0.1) is 19.2 Å². The third-order valence-corrected chi connectivity index (χ3v) is 5.56. The molecule has 1 heterocycles. The van der Waals surface area contributed by atoms with Crippen LogP contribution in [-0.4, -0.2) is 21.2 Å². The fourth-order valence-electron chi connectivity index (χ4n) is 3.66. The molecular formula is C26H23F3N4O3. The number of benzene rings is 3. The summed E-state index contributed by atoms with van der Waals surface area (Å²) in [4.78, 5) is 30.3. The van der Waals surface area contributed by atoms with Gasteiger partial charge in [-0.15, -0.1) is 0 Å². The van der Waals surface area contributed by atoms with Crippen LogP contribution < -0.4 is 21.4 Å². The molecule has 0 aliphatic heterocycles. The van der Waals surface area contributed by atoms with E-state index in [9.17, 15) is 22.8 Å². The summed E-state index contributed by atoms with van der Waals surface area (Å²) in [5.41, 5.74) is -0.624. The van der Waals surface area contributed by atoms with Crippen LogP contribution in [-0.2, 0) is 25.7 Å². The van der Waals surface area contributed by atoms with Crippen LogP contribution in [0.2, 0.25) is 0 Å². The minimum Gasteiger partial charge on any atom is -0.497 e. The highest BCUT2D eigenvalue weighted by molar-refractivity contribution is 5.55. The van der Waals surface area contributed by atoms with Gasteiger partial charge < -0.3 is 10.1 Å². The number of nitrogens with zero attached hydrogens (tertiary/aromatic N) is 3. The third-order valence-electron chi connectivity index (χ3n) is 5.56. The van der Waals surface area contributed by atoms with Gasteiger partial charge in [0.2, 0.25) is 5.95 Å². The first-order valence-electron chi connectivity index (χ1n) is 11.1. The maximum absolute atomic E-state index is 13.4. The highest BCUT2D eigenvalue weighted by atomic mass is 19.4. The second kappa shape index (κ2) is 10.5. The zero-order chi connectivity index (χ0) is 25.7. The van der Waals surface area contributed by atoms with Crippen molar-refractivity contribution in [2.75, 3.05) is 12.4 Å². The molecule has 186 valence electrons. The number of halogens is 3. The quantitative estimate of drug-likeness (QED) is 0.390. The predicted octanol–water partition coefficient (Wildman–Crippen LogP) is 4.47. The number of rotatable bonds is 8. The monoisotopic (exact) mass is 496 g/mol. The number of methoxy groups -OCH3 is 1. The number of alkyl halides is 3. The van der Waals surface area contributed by atoms with E-state index in [0.29, 0.717) is 17.7 Å². The average Bonchev–Trinajstić information content (AvgIpc) is 2.87. The second-order valence-corrected chi connectivity index (χ2v) is 8.03. The van der Waals surface area contributed by atoms with Crippen LogP contribution in [0.25, 0.3) is 0 Å². The Morgan fingerprint density at radius 1 is 0.889 bits per heavy atom. The second-order valence-electron chi connectivity index (χ2n) is 8.03. The lowest BCUT2D eigenvalue weighted by molar-refractivity contribution is -0.137. The summed E-state index contributed by atoms with van der Waals surface area (Å²) in [6.07, 6.45) is -4.10. The summed E-state index contributed by atoms with van der Waals surface area (Å²) in [5, 5.41) is 2.73. The Hall–Kier alpha value is -4.34. The molecule has 0 fully saturated rings. The number of aryl methyl sites for hydroxylation is 1. The molecule has 0 aliphatic carbocycles. The molecule has 1 aromatic heterocycles. The molecule has 3 aromatic carbocycles. The molecule has 0 saturated carbocycles. The van der Waals surface area contributed by atoms with Crippen molar-refractivity contribution in [1.29, 1.82) is 0 Å². The van der Waals surface area contributed by atoms with Gasteiger partial charge in [-0.2, -0.15) is 18.2 Å². The Balaban J connectivity index is 1.72. The normalized spacial score (nSPS) is 11.3. The Morgan fingerprint density at radius 2 is 1.61 bits per heavy atom. The fourth-order valence-corrected chi connectivity index (χ4v) is 3.66. The van der Waals surface area contributed by atoms with Crippen LogP contribution >= 0.6 is 0 Å². The van der Waals surface area contributed by atoms with E-state index in [1.807, 2.05) is 30.3 Å². The Labute approximate surface area is 204 Å². The van der Waals surface area contributed by atoms with Crippen molar-refractivity contribution in [2.24, 2.45) is 0 Å². The minimum atomic E-state index is -4.54. The molecule has 4 aromatic rings. The zero-order valence-electron chi connectivity index (χ0n) is 19.3. The van der Waals surface area contributed by atoms with Crippen LogP contribution in [0.3, 0.4) is 0 Å². The van der Waals surface area contributed by atoms with Crippen molar-refractivity contribution < 1.29 is 17.9 Å². The molecule has 7 nitrogen and oxygen atoms in total. The van der Waals surface area contributed by atoms with Crippen LogP contribution in [0.4, 0.5) is 24.8 Å². The lowest BCUT2D eigenvalue weighted by Crippen LogP contribution is -2.43. The van der Waals surface area contributed by atoms with Gasteiger partial charge in [0, 0.05) is 12.2 Å². The van der Waals surface area contributed by atoms with E-state index in [-0.39, 0.29) is 24.7 Å². The lowest BCUT2D eigenvalue weighted by atomic mass is 10.1. The molecule has 0 saturated heterocycles. The topological polar surface area (TPSA) is 78.2 Å². The van der Waals surface area contributed by atoms with E-state index in [2.05, 4.69) is 10.3 Å². The van der Waals surface area contributed by atoms with Crippen LogP contribution in [0, 0.1) is 0 Å². The number of hydrogen-bond donors (Lipinski definition) is 1. The van der Waals surface area contributed by atoms with Crippen molar-refractivity contribution in [3.05, 3.63) is 117 Å². The molecular weight excluding hydrogens is 473 g/mol. The molecule has 1 N–H and O–H groups in total. The molecule has 0 bridgehead atoms. The highest BCUT2D eigenvalue weighted by Gasteiger charge is 2.30. The van der Waals surface area contributed by atoms with Gasteiger partial charge in [-0.3, -0.25) is 4.57 Å². The maximum atomic E-state index is 13.4. The lowest BCUT2D eigenvalue weighted by Gasteiger charge is -2.16. The van der Waals surface area contributed by atoms with E-state index in [0.717, 1.165) is 22.3 Å². The summed E-state index contributed by atoms with van der Waals surface area (Å²) in [6, 6.07) is 20.8. The maximum Gasteiger partial charge on any atom is 0.416 e. The van der Waals surface area contributed by atoms with Crippen LogP contribution in [0.15, 0.2) is 88.5 Å². The van der Waals surface area contributed by atoms with Gasteiger partial charge in [0.1, 0.15) is 5.75 Å². The van der Waals surface area contributed by atoms with Crippen molar-refractivity contribution in [3.8, 4) is 5.75 Å². The van der Waals surface area contributed by atoms with Gasteiger partial charge in [-0.05, 0) is 47.9 Å². The molecule has 0 spiro atoms. The van der Waals surface area contributed by atoms with Crippen molar-refractivity contribution in [3.63, 3.8) is 0 Å². The first kappa shape index (κ1) is 24.8. The summed E-state index contributed by atoms with van der Waals surface area (Å²) in [5.74, 6) is 0.497. The largest absolute Gasteiger partial charge is 0.497 e. The number of nitrogens with one attached hydrogen (secondary N) is 1. The van der Waals surface area contributed by atoms with Crippen molar-refractivity contribution in [1.82, 2.24) is 14.1 Å². The summed E-state index contributed by atoms with van der Waals surface area (Å²) >= 11 is 0.